The molecule has 0 spiro atoms. The molecule has 0 aliphatic carbocycles. The van der Waals surface area contributed by atoms with E-state index in [1.54, 1.807) is 0 Å². The van der Waals surface area contributed by atoms with E-state index in [0.717, 1.165) is 0 Å². The standard InChI is InChI=1S/C5H8ClNO2/c1-3-4(2-6)7-5(8)9-3/h3-4H,2H2,1H3,(H,7,8)/t3-,4-/m0/s1. The van der Waals surface area contributed by atoms with E-state index in [9.17, 15) is 4.79 Å². The minimum Gasteiger partial charge on any atom is -0.444 e. The van der Waals surface area contributed by atoms with Gasteiger partial charge in [0.2, 0.25) is 0 Å². The van der Waals surface area contributed by atoms with Gasteiger partial charge in [0.1, 0.15) is 6.10 Å². The largest absolute Gasteiger partial charge is 0.444 e. The van der Waals surface area contributed by atoms with Crippen molar-refractivity contribution in [2.45, 2.75) is 19.1 Å². The Hall–Kier alpha value is -0.440. The maximum absolute atomic E-state index is 10.4. The van der Waals surface area contributed by atoms with Crippen molar-refractivity contribution < 1.29 is 9.53 Å². The van der Waals surface area contributed by atoms with Crippen LogP contribution < -0.4 is 5.32 Å². The lowest BCUT2D eigenvalue weighted by Crippen LogP contribution is -2.31. The summed E-state index contributed by atoms with van der Waals surface area (Å²) in [5, 5.41) is 2.56. The predicted octanol–water partition coefficient (Wildman–Crippen LogP) is 0.722. The zero-order valence-corrected chi connectivity index (χ0v) is 5.81. The number of halogens is 1. The molecule has 0 aromatic carbocycles. The van der Waals surface area contributed by atoms with E-state index in [1.165, 1.54) is 0 Å². The first kappa shape index (κ1) is 6.68. The van der Waals surface area contributed by atoms with Crippen molar-refractivity contribution in [1.29, 1.82) is 0 Å². The monoisotopic (exact) mass is 149 g/mol. The van der Waals surface area contributed by atoms with Gasteiger partial charge in [-0.15, -0.1) is 11.6 Å². The van der Waals surface area contributed by atoms with Crippen LogP contribution in [0.3, 0.4) is 0 Å². The zero-order valence-electron chi connectivity index (χ0n) is 5.06. The van der Waals surface area contributed by atoms with Crippen molar-refractivity contribution in [3.8, 4) is 0 Å². The van der Waals surface area contributed by atoms with Gasteiger partial charge in [-0.05, 0) is 6.92 Å². The van der Waals surface area contributed by atoms with Gasteiger partial charge in [0.25, 0.3) is 0 Å². The van der Waals surface area contributed by atoms with Crippen LogP contribution in [-0.2, 0) is 4.74 Å². The fourth-order valence-electron chi connectivity index (χ4n) is 0.718. The molecule has 3 nitrogen and oxygen atoms in total. The Bertz CT molecular complexity index is 128. The van der Waals surface area contributed by atoms with Crippen molar-refractivity contribution in [2.24, 2.45) is 0 Å². The molecule has 2 atom stereocenters. The molecule has 0 unspecified atom stereocenters. The van der Waals surface area contributed by atoms with Gasteiger partial charge in [0.15, 0.2) is 0 Å². The molecule has 1 saturated heterocycles. The molecule has 1 fully saturated rings. The third kappa shape index (κ3) is 1.27. The molecule has 52 valence electrons. The molecule has 1 N–H and O–H groups in total. The van der Waals surface area contributed by atoms with Crippen molar-refractivity contribution in [3.63, 3.8) is 0 Å². The van der Waals surface area contributed by atoms with E-state index in [1.807, 2.05) is 6.92 Å². The minimum absolute atomic E-state index is 0.0147. The summed E-state index contributed by atoms with van der Waals surface area (Å²) in [5.41, 5.74) is 0. The first-order valence-corrected chi connectivity index (χ1v) is 3.30. The van der Waals surface area contributed by atoms with Crippen LogP contribution in [0.15, 0.2) is 0 Å². The fraction of sp³-hybridized carbons (Fsp3) is 0.800. The summed E-state index contributed by atoms with van der Waals surface area (Å²) in [4.78, 5) is 10.4. The van der Waals surface area contributed by atoms with E-state index in [2.05, 4.69) is 5.32 Å². The molecule has 0 aromatic rings. The van der Waals surface area contributed by atoms with Gasteiger partial charge in [-0.2, -0.15) is 0 Å². The molecule has 0 radical (unpaired) electrons. The number of rotatable bonds is 1. The topological polar surface area (TPSA) is 38.3 Å². The Morgan fingerprint density at radius 1 is 1.89 bits per heavy atom. The highest BCUT2D eigenvalue weighted by molar-refractivity contribution is 6.18. The van der Waals surface area contributed by atoms with Crippen LogP contribution in [0.1, 0.15) is 6.92 Å². The van der Waals surface area contributed by atoms with E-state index in [-0.39, 0.29) is 18.2 Å². The summed E-state index contributed by atoms with van der Waals surface area (Å²) in [6.45, 7) is 1.81. The predicted molar refractivity (Wildman–Crippen MR) is 33.6 cm³/mol. The number of hydrogen-bond acceptors (Lipinski definition) is 2. The molecule has 9 heavy (non-hydrogen) atoms. The third-order valence-corrected chi connectivity index (χ3v) is 1.66. The number of hydrogen-bond donors (Lipinski definition) is 1. The Balaban J connectivity index is 2.47. The number of carbonyl (C=O) groups excluding carboxylic acids is 1. The summed E-state index contributed by atoms with van der Waals surface area (Å²) in [6.07, 6.45) is -0.455. The summed E-state index contributed by atoms with van der Waals surface area (Å²) in [6, 6.07) is -0.0147. The number of amides is 1. The Morgan fingerprint density at radius 2 is 2.56 bits per heavy atom. The first-order valence-electron chi connectivity index (χ1n) is 2.77. The summed E-state index contributed by atoms with van der Waals surface area (Å²) >= 11 is 5.47. The van der Waals surface area contributed by atoms with Crippen molar-refractivity contribution in [2.75, 3.05) is 5.88 Å². The second kappa shape index (κ2) is 2.43. The van der Waals surface area contributed by atoms with Gasteiger partial charge in [0.05, 0.1) is 6.04 Å². The Labute approximate surface area is 58.3 Å². The summed E-state index contributed by atoms with van der Waals surface area (Å²) in [7, 11) is 0. The highest BCUT2D eigenvalue weighted by Gasteiger charge is 2.28. The van der Waals surface area contributed by atoms with E-state index < -0.39 is 0 Å². The third-order valence-electron chi connectivity index (χ3n) is 1.33. The highest BCUT2D eigenvalue weighted by atomic mass is 35.5. The maximum atomic E-state index is 10.4. The van der Waals surface area contributed by atoms with Crippen LogP contribution in [0.25, 0.3) is 0 Å². The average molecular weight is 150 g/mol. The second-order valence-electron chi connectivity index (χ2n) is 2.02. The van der Waals surface area contributed by atoms with Crippen LogP contribution in [0, 0.1) is 0 Å². The number of alkyl carbamates (subject to hydrolysis) is 1. The van der Waals surface area contributed by atoms with Gasteiger partial charge in [-0.1, -0.05) is 0 Å². The molecule has 0 aromatic heterocycles. The van der Waals surface area contributed by atoms with Crippen molar-refractivity contribution in [1.82, 2.24) is 5.32 Å². The molecule has 1 aliphatic rings. The van der Waals surface area contributed by atoms with E-state index in [4.69, 9.17) is 16.3 Å². The molecule has 0 saturated carbocycles. The van der Waals surface area contributed by atoms with E-state index >= 15 is 0 Å². The lowest BCUT2D eigenvalue weighted by Gasteiger charge is -2.06. The van der Waals surface area contributed by atoms with Gasteiger partial charge in [0, 0.05) is 5.88 Å². The van der Waals surface area contributed by atoms with Gasteiger partial charge >= 0.3 is 6.09 Å². The molecular weight excluding hydrogens is 142 g/mol. The fourth-order valence-corrected chi connectivity index (χ4v) is 1.05. The number of nitrogens with one attached hydrogen (secondary N) is 1. The van der Waals surface area contributed by atoms with Crippen LogP contribution in [0.4, 0.5) is 4.79 Å². The van der Waals surface area contributed by atoms with Gasteiger partial charge in [-0.25, -0.2) is 4.79 Å². The quantitative estimate of drug-likeness (QED) is 0.558. The van der Waals surface area contributed by atoms with Crippen LogP contribution >= 0.6 is 11.6 Å². The number of carbonyl (C=O) groups is 1. The lowest BCUT2D eigenvalue weighted by atomic mass is 10.2. The Morgan fingerprint density at radius 3 is 2.78 bits per heavy atom. The molecule has 1 rings (SSSR count). The van der Waals surface area contributed by atoms with E-state index in [0.29, 0.717) is 5.88 Å². The van der Waals surface area contributed by atoms with Crippen molar-refractivity contribution in [3.05, 3.63) is 0 Å². The number of cyclic esters (lactones) is 1. The zero-order chi connectivity index (χ0) is 6.85. The summed E-state index contributed by atoms with van der Waals surface area (Å²) < 4.78 is 4.73. The molecule has 1 amide bonds. The first-order chi connectivity index (χ1) is 4.24. The van der Waals surface area contributed by atoms with Crippen LogP contribution in [0.5, 0.6) is 0 Å². The molecule has 1 heterocycles. The van der Waals surface area contributed by atoms with Crippen molar-refractivity contribution >= 4 is 17.7 Å². The SMILES string of the molecule is C[C@@H]1OC(=O)N[C@H]1CCl. The summed E-state index contributed by atoms with van der Waals surface area (Å²) in [5.74, 6) is 0.410. The number of alkyl halides is 1. The van der Waals surface area contributed by atoms with Crippen LogP contribution in [0.2, 0.25) is 0 Å². The highest BCUT2D eigenvalue weighted by Crippen LogP contribution is 2.08. The minimum atomic E-state index is -0.367. The molecule has 0 bridgehead atoms. The number of ether oxygens (including phenoxy) is 1. The molecule has 4 heteroatoms. The maximum Gasteiger partial charge on any atom is 0.407 e. The second-order valence-corrected chi connectivity index (χ2v) is 2.32. The van der Waals surface area contributed by atoms with Crippen LogP contribution in [-0.4, -0.2) is 24.1 Å². The van der Waals surface area contributed by atoms with Gasteiger partial charge in [-0.3, -0.25) is 0 Å². The average Bonchev–Trinajstić information content (AvgIpc) is 2.10. The normalized spacial score (nSPS) is 33.8. The molecular formula is C5H8ClNO2. The Kier molecular flexibility index (Phi) is 1.81. The van der Waals surface area contributed by atoms with Gasteiger partial charge < -0.3 is 10.1 Å². The molecule has 1 aliphatic heterocycles. The lowest BCUT2D eigenvalue weighted by molar-refractivity contribution is 0.143. The smallest absolute Gasteiger partial charge is 0.407 e.